The number of nitrogens with one attached hydrogen (secondary N) is 1. The van der Waals surface area contributed by atoms with E-state index >= 15 is 0 Å². The molecule has 3 heteroatoms. The Morgan fingerprint density at radius 2 is 1.50 bits per heavy atom. The van der Waals surface area contributed by atoms with E-state index in [0.29, 0.717) is 13.2 Å². The first kappa shape index (κ1) is 15.1. The topological polar surface area (TPSA) is 30.5 Å². The number of hydrogen-bond donors (Lipinski definition) is 1. The van der Waals surface area contributed by atoms with Crippen molar-refractivity contribution in [3.8, 4) is 11.1 Å². The molecule has 2 aromatic rings. The van der Waals surface area contributed by atoms with Crippen LogP contribution < -0.4 is 5.32 Å². The molecule has 1 spiro atoms. The van der Waals surface area contributed by atoms with Crippen LogP contribution in [-0.2, 0) is 15.3 Å². The van der Waals surface area contributed by atoms with Crippen molar-refractivity contribution in [2.24, 2.45) is 0 Å². The molecule has 0 saturated carbocycles. The van der Waals surface area contributed by atoms with Crippen LogP contribution in [0.3, 0.4) is 0 Å². The molecule has 4 rings (SSSR count). The lowest BCUT2D eigenvalue weighted by molar-refractivity contribution is -0.126. The van der Waals surface area contributed by atoms with E-state index in [0.717, 1.165) is 16.8 Å². The lowest BCUT2D eigenvalue weighted by atomic mass is 10.0. The Balaban J connectivity index is 0.000000693. The van der Waals surface area contributed by atoms with Gasteiger partial charge in [0.1, 0.15) is 0 Å². The molecule has 2 aromatic carbocycles. The van der Waals surface area contributed by atoms with Gasteiger partial charge in [-0.2, -0.15) is 0 Å². The molecular formula is C19H23NO2. The van der Waals surface area contributed by atoms with Crippen LogP contribution in [-0.4, -0.2) is 20.3 Å². The summed E-state index contributed by atoms with van der Waals surface area (Å²) >= 11 is 0. The molecule has 22 heavy (non-hydrogen) atoms. The normalized spacial score (nSPS) is 16.7. The van der Waals surface area contributed by atoms with E-state index in [-0.39, 0.29) is 0 Å². The molecule has 2 aliphatic rings. The summed E-state index contributed by atoms with van der Waals surface area (Å²) in [6.45, 7) is 7.37. The van der Waals surface area contributed by atoms with Crippen LogP contribution in [0.15, 0.2) is 36.4 Å². The van der Waals surface area contributed by atoms with Gasteiger partial charge < -0.3 is 14.8 Å². The SMILES string of the molecule is CC.CNc1ccc2c(c1)C1(OCCO1)c1cc(C)ccc1-2. The third-order valence-corrected chi connectivity index (χ3v) is 4.18. The van der Waals surface area contributed by atoms with Crippen LogP contribution in [0.1, 0.15) is 30.5 Å². The second-order valence-corrected chi connectivity index (χ2v) is 5.37. The first-order chi connectivity index (χ1) is 10.7. The molecule has 0 radical (unpaired) electrons. The minimum Gasteiger partial charge on any atom is -0.388 e. The van der Waals surface area contributed by atoms with Crippen molar-refractivity contribution in [1.29, 1.82) is 0 Å². The number of hydrogen-bond acceptors (Lipinski definition) is 3. The maximum absolute atomic E-state index is 6.06. The summed E-state index contributed by atoms with van der Waals surface area (Å²) in [7, 11) is 1.93. The van der Waals surface area contributed by atoms with Gasteiger partial charge in [0, 0.05) is 23.9 Å². The van der Waals surface area contributed by atoms with Gasteiger partial charge in [-0.3, -0.25) is 0 Å². The molecule has 1 fully saturated rings. The number of rotatable bonds is 1. The number of ether oxygens (including phenoxy) is 2. The van der Waals surface area contributed by atoms with Gasteiger partial charge >= 0.3 is 0 Å². The zero-order valence-electron chi connectivity index (χ0n) is 13.7. The lowest BCUT2D eigenvalue weighted by Gasteiger charge is -2.25. The van der Waals surface area contributed by atoms with E-state index < -0.39 is 5.79 Å². The van der Waals surface area contributed by atoms with Gasteiger partial charge in [0.05, 0.1) is 13.2 Å². The third kappa shape index (κ3) is 2.04. The highest BCUT2D eigenvalue weighted by Gasteiger charge is 2.48. The van der Waals surface area contributed by atoms with E-state index in [1.54, 1.807) is 0 Å². The Kier molecular flexibility index (Phi) is 3.94. The van der Waals surface area contributed by atoms with E-state index in [4.69, 9.17) is 9.47 Å². The van der Waals surface area contributed by atoms with Gasteiger partial charge in [0.15, 0.2) is 0 Å². The van der Waals surface area contributed by atoms with Gasteiger partial charge in [-0.05, 0) is 36.2 Å². The van der Waals surface area contributed by atoms with Crippen molar-refractivity contribution in [1.82, 2.24) is 0 Å². The Bertz CT molecular complexity index is 688. The minimum atomic E-state index is -0.705. The second-order valence-electron chi connectivity index (χ2n) is 5.37. The fraction of sp³-hybridized carbons (Fsp3) is 0.368. The molecule has 1 saturated heterocycles. The van der Waals surface area contributed by atoms with Gasteiger partial charge in [-0.25, -0.2) is 0 Å². The van der Waals surface area contributed by atoms with Crippen LogP contribution in [0.25, 0.3) is 11.1 Å². The zero-order valence-corrected chi connectivity index (χ0v) is 13.7. The molecule has 116 valence electrons. The monoisotopic (exact) mass is 297 g/mol. The molecule has 1 aliphatic carbocycles. The summed E-state index contributed by atoms with van der Waals surface area (Å²) in [5.74, 6) is -0.705. The van der Waals surface area contributed by atoms with Crippen molar-refractivity contribution in [3.05, 3.63) is 53.1 Å². The Morgan fingerprint density at radius 1 is 0.909 bits per heavy atom. The maximum atomic E-state index is 6.06. The van der Waals surface area contributed by atoms with Crippen molar-refractivity contribution in [3.63, 3.8) is 0 Å². The van der Waals surface area contributed by atoms with E-state index in [1.807, 2.05) is 20.9 Å². The fourth-order valence-corrected chi connectivity index (χ4v) is 3.24. The highest BCUT2D eigenvalue weighted by atomic mass is 16.7. The number of aryl methyl sites for hydroxylation is 1. The van der Waals surface area contributed by atoms with E-state index in [2.05, 4.69) is 48.6 Å². The smallest absolute Gasteiger partial charge is 0.223 e. The predicted octanol–water partition coefficient (Wildman–Crippen LogP) is 4.29. The fourth-order valence-electron chi connectivity index (χ4n) is 3.24. The zero-order chi connectivity index (χ0) is 15.7. The molecule has 0 bridgehead atoms. The Labute approximate surface area is 132 Å². The Morgan fingerprint density at radius 3 is 2.14 bits per heavy atom. The average molecular weight is 297 g/mol. The molecule has 1 aliphatic heterocycles. The molecule has 0 atom stereocenters. The molecule has 1 N–H and O–H groups in total. The first-order valence-corrected chi connectivity index (χ1v) is 7.96. The maximum Gasteiger partial charge on any atom is 0.223 e. The first-order valence-electron chi connectivity index (χ1n) is 7.96. The second kappa shape index (κ2) is 5.75. The van der Waals surface area contributed by atoms with Crippen LogP contribution in [0, 0.1) is 6.92 Å². The summed E-state index contributed by atoms with van der Waals surface area (Å²) in [6, 6.07) is 12.9. The van der Waals surface area contributed by atoms with Crippen LogP contribution in [0.4, 0.5) is 5.69 Å². The Hall–Kier alpha value is -1.84. The number of benzene rings is 2. The lowest BCUT2D eigenvalue weighted by Crippen LogP contribution is -2.26. The minimum absolute atomic E-state index is 0.636. The van der Waals surface area contributed by atoms with Crippen molar-refractivity contribution < 1.29 is 9.47 Å². The van der Waals surface area contributed by atoms with Gasteiger partial charge in [0.2, 0.25) is 5.79 Å². The predicted molar refractivity (Wildman–Crippen MR) is 90.2 cm³/mol. The van der Waals surface area contributed by atoms with Crippen LogP contribution in [0.2, 0.25) is 0 Å². The van der Waals surface area contributed by atoms with Gasteiger partial charge in [-0.1, -0.05) is 37.6 Å². The summed E-state index contributed by atoms with van der Waals surface area (Å²) in [6.07, 6.45) is 0. The average Bonchev–Trinajstić information content (AvgIpc) is 3.15. The molecule has 0 unspecified atom stereocenters. The largest absolute Gasteiger partial charge is 0.388 e. The van der Waals surface area contributed by atoms with Crippen molar-refractivity contribution >= 4 is 5.69 Å². The molecular weight excluding hydrogens is 274 g/mol. The number of fused-ring (bicyclic) bond motifs is 5. The molecule has 1 heterocycles. The molecule has 3 nitrogen and oxygen atoms in total. The quantitative estimate of drug-likeness (QED) is 0.851. The summed E-state index contributed by atoms with van der Waals surface area (Å²) in [5, 5.41) is 3.19. The van der Waals surface area contributed by atoms with Crippen molar-refractivity contribution in [2.45, 2.75) is 26.6 Å². The third-order valence-electron chi connectivity index (χ3n) is 4.18. The summed E-state index contributed by atoms with van der Waals surface area (Å²) < 4.78 is 12.1. The van der Waals surface area contributed by atoms with Crippen molar-refractivity contribution in [2.75, 3.05) is 25.6 Å². The standard InChI is InChI=1S/C17H17NO2.C2H6/c1-11-3-5-13-14-6-4-12(18-2)10-16(14)17(15(13)9-11)19-7-8-20-17;1-2/h3-6,9-10,18H,7-8H2,1-2H3;1-2H3. The van der Waals surface area contributed by atoms with Crippen LogP contribution >= 0.6 is 0 Å². The number of anilines is 1. The molecule has 0 aromatic heterocycles. The van der Waals surface area contributed by atoms with E-state index in [9.17, 15) is 0 Å². The van der Waals surface area contributed by atoms with Gasteiger partial charge in [-0.15, -0.1) is 0 Å². The summed E-state index contributed by atoms with van der Waals surface area (Å²) in [5.41, 5.74) is 6.98. The van der Waals surface area contributed by atoms with E-state index in [1.165, 1.54) is 16.7 Å². The summed E-state index contributed by atoms with van der Waals surface area (Å²) in [4.78, 5) is 0. The highest BCUT2D eigenvalue weighted by molar-refractivity contribution is 5.81. The van der Waals surface area contributed by atoms with Gasteiger partial charge in [0.25, 0.3) is 0 Å². The highest BCUT2D eigenvalue weighted by Crippen LogP contribution is 2.52. The van der Waals surface area contributed by atoms with Crippen LogP contribution in [0.5, 0.6) is 0 Å². The molecule has 0 amide bonds.